The summed E-state index contributed by atoms with van der Waals surface area (Å²) in [4.78, 5) is 25.2. The number of nitrogens with zero attached hydrogens (tertiary/aromatic N) is 1. The molecular formula is C16H15ClN2O2. The second-order valence-corrected chi connectivity index (χ2v) is 5.18. The summed E-state index contributed by atoms with van der Waals surface area (Å²) in [6, 6.07) is 11.8. The highest BCUT2D eigenvalue weighted by molar-refractivity contribution is 6.30. The number of hydrogen-bond donors (Lipinski definition) is 1. The summed E-state index contributed by atoms with van der Waals surface area (Å²) in [6.07, 6.45) is 0.727. The molecule has 2 aromatic carbocycles. The minimum Gasteiger partial charge on any atom is -0.378 e. The molecular weight excluding hydrogens is 288 g/mol. The minimum atomic E-state index is -0.285. The van der Waals surface area contributed by atoms with Gasteiger partial charge < -0.3 is 10.2 Å². The highest BCUT2D eigenvalue weighted by Crippen LogP contribution is 2.21. The Balaban J connectivity index is 2.24. The molecule has 21 heavy (non-hydrogen) atoms. The number of anilines is 2. The van der Waals surface area contributed by atoms with Crippen molar-refractivity contribution in [3.05, 3.63) is 58.6 Å². The van der Waals surface area contributed by atoms with Gasteiger partial charge in [0.05, 0.1) is 5.69 Å². The number of benzene rings is 2. The normalized spacial score (nSPS) is 10.0. The molecule has 0 radical (unpaired) electrons. The topological polar surface area (TPSA) is 49.4 Å². The summed E-state index contributed by atoms with van der Waals surface area (Å²) in [5.41, 5.74) is 2.29. The summed E-state index contributed by atoms with van der Waals surface area (Å²) in [5.74, 6) is -0.285. The number of carbonyl (C=O) groups is 2. The molecule has 1 N–H and O–H groups in total. The van der Waals surface area contributed by atoms with Crippen LogP contribution in [0.1, 0.15) is 20.7 Å². The van der Waals surface area contributed by atoms with Crippen LogP contribution in [-0.2, 0) is 0 Å². The minimum absolute atomic E-state index is 0.285. The van der Waals surface area contributed by atoms with Crippen LogP contribution in [0, 0.1) is 0 Å². The Morgan fingerprint density at radius 1 is 1.14 bits per heavy atom. The number of halogens is 1. The molecule has 0 spiro atoms. The third-order valence-corrected chi connectivity index (χ3v) is 3.29. The average Bonchev–Trinajstić information content (AvgIpc) is 2.48. The molecule has 0 saturated carbocycles. The molecule has 0 bridgehead atoms. The third kappa shape index (κ3) is 3.61. The highest BCUT2D eigenvalue weighted by atomic mass is 35.5. The summed E-state index contributed by atoms with van der Waals surface area (Å²) in [5, 5.41) is 3.30. The zero-order valence-electron chi connectivity index (χ0n) is 11.8. The van der Waals surface area contributed by atoms with E-state index < -0.39 is 0 Å². The number of amides is 1. The van der Waals surface area contributed by atoms with Crippen LogP contribution in [-0.4, -0.2) is 26.3 Å². The Labute approximate surface area is 128 Å². The van der Waals surface area contributed by atoms with Gasteiger partial charge in [-0.25, -0.2) is 0 Å². The largest absolute Gasteiger partial charge is 0.378 e. The number of rotatable bonds is 4. The van der Waals surface area contributed by atoms with E-state index in [-0.39, 0.29) is 5.91 Å². The lowest BCUT2D eigenvalue weighted by molar-refractivity contribution is 0.102. The fourth-order valence-electron chi connectivity index (χ4n) is 1.84. The Hall–Kier alpha value is -2.33. The van der Waals surface area contributed by atoms with E-state index in [9.17, 15) is 9.59 Å². The van der Waals surface area contributed by atoms with Gasteiger partial charge in [-0.05, 0) is 42.5 Å². The molecule has 0 atom stereocenters. The van der Waals surface area contributed by atoms with Crippen molar-refractivity contribution in [1.29, 1.82) is 0 Å². The van der Waals surface area contributed by atoms with E-state index >= 15 is 0 Å². The maximum atomic E-state index is 12.1. The smallest absolute Gasteiger partial charge is 0.255 e. The van der Waals surface area contributed by atoms with E-state index in [1.807, 2.05) is 25.1 Å². The van der Waals surface area contributed by atoms with E-state index in [2.05, 4.69) is 5.32 Å². The van der Waals surface area contributed by atoms with Crippen molar-refractivity contribution in [3.8, 4) is 0 Å². The molecule has 0 aliphatic heterocycles. The Kier molecular flexibility index (Phi) is 4.60. The molecule has 2 rings (SSSR count). The molecule has 0 heterocycles. The lowest BCUT2D eigenvalue weighted by atomic mass is 10.1. The van der Waals surface area contributed by atoms with Gasteiger partial charge in [0.1, 0.15) is 0 Å². The third-order valence-electron chi connectivity index (χ3n) is 3.03. The van der Waals surface area contributed by atoms with Gasteiger partial charge >= 0.3 is 0 Å². The number of hydrogen-bond acceptors (Lipinski definition) is 3. The van der Waals surface area contributed by atoms with Crippen molar-refractivity contribution in [2.75, 3.05) is 24.3 Å². The van der Waals surface area contributed by atoms with Crippen LogP contribution in [0.15, 0.2) is 42.5 Å². The van der Waals surface area contributed by atoms with Crippen LogP contribution in [0.3, 0.4) is 0 Å². The van der Waals surface area contributed by atoms with Gasteiger partial charge in [-0.2, -0.15) is 0 Å². The van der Waals surface area contributed by atoms with Crippen LogP contribution in [0.5, 0.6) is 0 Å². The molecule has 0 saturated heterocycles. The molecule has 2 aromatic rings. The van der Waals surface area contributed by atoms with Crippen molar-refractivity contribution in [2.45, 2.75) is 0 Å². The maximum Gasteiger partial charge on any atom is 0.255 e. The van der Waals surface area contributed by atoms with Gasteiger partial charge in [0.15, 0.2) is 6.29 Å². The van der Waals surface area contributed by atoms with Gasteiger partial charge in [0.25, 0.3) is 5.91 Å². The van der Waals surface area contributed by atoms with E-state index in [1.165, 1.54) is 0 Å². The van der Waals surface area contributed by atoms with Crippen LogP contribution in [0.25, 0.3) is 0 Å². The zero-order chi connectivity index (χ0) is 15.4. The van der Waals surface area contributed by atoms with Crippen molar-refractivity contribution in [2.24, 2.45) is 0 Å². The maximum absolute atomic E-state index is 12.1. The first-order chi connectivity index (χ1) is 10.0. The molecule has 108 valence electrons. The predicted octanol–water partition coefficient (Wildman–Crippen LogP) is 3.47. The molecule has 0 aromatic heterocycles. The quantitative estimate of drug-likeness (QED) is 0.880. The first kappa shape index (κ1) is 15.1. The van der Waals surface area contributed by atoms with Gasteiger partial charge in [-0.1, -0.05) is 11.6 Å². The first-order valence-corrected chi connectivity index (χ1v) is 6.72. The standard InChI is InChI=1S/C16H15ClN2O2/c1-19(2)14-7-8-15(12(9-14)10-20)18-16(21)11-3-5-13(17)6-4-11/h3-10H,1-2H3,(H,18,21). The van der Waals surface area contributed by atoms with Crippen LogP contribution >= 0.6 is 11.6 Å². The first-order valence-electron chi connectivity index (χ1n) is 6.34. The number of aldehydes is 1. The number of nitrogens with one attached hydrogen (secondary N) is 1. The van der Waals surface area contributed by atoms with E-state index in [0.29, 0.717) is 21.8 Å². The summed E-state index contributed by atoms with van der Waals surface area (Å²) < 4.78 is 0. The molecule has 1 amide bonds. The molecule has 0 fully saturated rings. The molecule has 4 nitrogen and oxygen atoms in total. The van der Waals surface area contributed by atoms with Crippen molar-refractivity contribution in [3.63, 3.8) is 0 Å². The fourth-order valence-corrected chi connectivity index (χ4v) is 1.96. The van der Waals surface area contributed by atoms with E-state index in [0.717, 1.165) is 12.0 Å². The molecule has 0 unspecified atom stereocenters. The fraction of sp³-hybridized carbons (Fsp3) is 0.125. The van der Waals surface area contributed by atoms with Gasteiger partial charge in [-0.15, -0.1) is 0 Å². The SMILES string of the molecule is CN(C)c1ccc(NC(=O)c2ccc(Cl)cc2)c(C=O)c1. The van der Waals surface area contributed by atoms with Crippen molar-refractivity contribution >= 4 is 35.2 Å². The van der Waals surface area contributed by atoms with Crippen LogP contribution in [0.2, 0.25) is 5.02 Å². The van der Waals surface area contributed by atoms with Crippen molar-refractivity contribution < 1.29 is 9.59 Å². The highest BCUT2D eigenvalue weighted by Gasteiger charge is 2.10. The Morgan fingerprint density at radius 3 is 2.38 bits per heavy atom. The van der Waals surface area contributed by atoms with Gasteiger partial charge in [0, 0.05) is 35.9 Å². The van der Waals surface area contributed by atoms with E-state index in [4.69, 9.17) is 11.6 Å². The van der Waals surface area contributed by atoms with Crippen LogP contribution < -0.4 is 10.2 Å². The molecule has 5 heteroatoms. The lowest BCUT2D eigenvalue weighted by Crippen LogP contribution is -2.14. The predicted molar refractivity (Wildman–Crippen MR) is 85.6 cm³/mol. The van der Waals surface area contributed by atoms with E-state index in [1.54, 1.807) is 36.4 Å². The Morgan fingerprint density at radius 2 is 1.81 bits per heavy atom. The second kappa shape index (κ2) is 6.41. The number of carbonyl (C=O) groups excluding carboxylic acids is 2. The molecule has 0 aliphatic rings. The lowest BCUT2D eigenvalue weighted by Gasteiger charge is -2.15. The molecule has 0 aliphatic carbocycles. The van der Waals surface area contributed by atoms with Crippen LogP contribution in [0.4, 0.5) is 11.4 Å². The summed E-state index contributed by atoms with van der Waals surface area (Å²) in [7, 11) is 3.77. The summed E-state index contributed by atoms with van der Waals surface area (Å²) in [6.45, 7) is 0. The second-order valence-electron chi connectivity index (χ2n) is 4.74. The summed E-state index contributed by atoms with van der Waals surface area (Å²) >= 11 is 5.79. The average molecular weight is 303 g/mol. The van der Waals surface area contributed by atoms with Crippen molar-refractivity contribution in [1.82, 2.24) is 0 Å². The zero-order valence-corrected chi connectivity index (χ0v) is 12.5. The van der Waals surface area contributed by atoms with Gasteiger partial charge in [-0.3, -0.25) is 9.59 Å². The Bertz CT molecular complexity index is 666. The van der Waals surface area contributed by atoms with Gasteiger partial charge in [0.2, 0.25) is 0 Å². The monoisotopic (exact) mass is 302 g/mol.